The number of ether oxygens (including phenoxy) is 1. The first-order valence-corrected chi connectivity index (χ1v) is 11.4. The zero-order valence-electron chi connectivity index (χ0n) is 18.2. The van der Waals surface area contributed by atoms with E-state index in [0.29, 0.717) is 35.6 Å². The number of amides is 1. The van der Waals surface area contributed by atoms with Crippen LogP contribution >= 0.6 is 0 Å². The number of benzene rings is 2. The molecule has 7 nitrogen and oxygen atoms in total. The third kappa shape index (κ3) is 3.45. The molecule has 0 aromatic heterocycles. The Morgan fingerprint density at radius 1 is 1.06 bits per heavy atom. The standard InChI is InChI=1S/C26H24N4O3/c31-25(29-13-12-18-7-4-5-11-23(18)29)21-16-28(15-20-10-6-14-33-20)17-22-24(21)27-30(26(22)32)19-8-2-1-3-9-19/h1-5,7-9,11,16-17,20H,6,10,12-15H2. The highest BCUT2D eigenvalue weighted by Gasteiger charge is 2.31. The van der Waals surface area contributed by atoms with Crippen LogP contribution in [-0.2, 0) is 17.7 Å². The molecule has 4 aliphatic rings. The van der Waals surface area contributed by atoms with Crippen molar-refractivity contribution in [2.75, 3.05) is 18.1 Å². The summed E-state index contributed by atoms with van der Waals surface area (Å²) >= 11 is 0. The summed E-state index contributed by atoms with van der Waals surface area (Å²) in [6.07, 6.45) is 6.54. The number of rotatable bonds is 4. The molecule has 0 spiro atoms. The van der Waals surface area contributed by atoms with Crippen molar-refractivity contribution in [3.8, 4) is 16.9 Å². The average molecular weight is 441 g/mol. The minimum absolute atomic E-state index is 0.0854. The maximum atomic E-state index is 13.8. The largest absolute Gasteiger partial charge is 0.376 e. The van der Waals surface area contributed by atoms with Crippen LogP contribution in [0.2, 0.25) is 0 Å². The van der Waals surface area contributed by atoms with E-state index in [9.17, 15) is 9.59 Å². The second-order valence-electron chi connectivity index (χ2n) is 8.65. The van der Waals surface area contributed by atoms with Gasteiger partial charge in [0.15, 0.2) is 0 Å². The molecule has 4 aliphatic heterocycles. The molecule has 0 N–H and O–H groups in total. The minimum Gasteiger partial charge on any atom is -0.376 e. The highest BCUT2D eigenvalue weighted by molar-refractivity contribution is 6.10. The Kier molecular flexibility index (Phi) is 4.84. The molecule has 0 bridgehead atoms. The molecule has 6 rings (SSSR count). The molecule has 2 aromatic carbocycles. The molecule has 33 heavy (non-hydrogen) atoms. The molecule has 1 fully saturated rings. The third-order valence-corrected chi connectivity index (χ3v) is 6.52. The molecule has 0 aliphatic carbocycles. The fourth-order valence-electron chi connectivity index (χ4n) is 4.88. The zero-order valence-corrected chi connectivity index (χ0v) is 18.2. The number of hydrogen-bond acceptors (Lipinski definition) is 4. The number of carbonyl (C=O) groups excluding carboxylic acids is 1. The summed E-state index contributed by atoms with van der Waals surface area (Å²) in [5.74, 6) is -0.135. The SMILES string of the molecule is O=C(c1cn(CC2CCCO2)cc2c(=O)n(-c3ccccc3)nc1-2)N1CCc2ccccc21. The molecule has 0 saturated carbocycles. The Morgan fingerprint density at radius 3 is 2.70 bits per heavy atom. The van der Waals surface area contributed by atoms with Crippen molar-refractivity contribution in [2.24, 2.45) is 0 Å². The van der Waals surface area contributed by atoms with Gasteiger partial charge in [-0.05, 0) is 43.0 Å². The van der Waals surface area contributed by atoms with Gasteiger partial charge in [0.2, 0.25) is 0 Å². The van der Waals surface area contributed by atoms with Crippen molar-refractivity contribution >= 4 is 11.6 Å². The summed E-state index contributed by atoms with van der Waals surface area (Å²) in [6.45, 7) is 1.97. The monoisotopic (exact) mass is 440 g/mol. The van der Waals surface area contributed by atoms with Gasteiger partial charge in [-0.25, -0.2) is 0 Å². The maximum absolute atomic E-state index is 13.8. The van der Waals surface area contributed by atoms with Gasteiger partial charge in [-0.1, -0.05) is 36.4 Å². The van der Waals surface area contributed by atoms with Crippen LogP contribution in [0.15, 0.2) is 71.8 Å². The molecule has 1 unspecified atom stereocenters. The summed E-state index contributed by atoms with van der Waals surface area (Å²) in [7, 11) is 0. The van der Waals surface area contributed by atoms with E-state index in [-0.39, 0.29) is 17.6 Å². The number of fused-ring (bicyclic) bond motifs is 2. The predicted molar refractivity (Wildman–Crippen MR) is 125 cm³/mol. The summed E-state index contributed by atoms with van der Waals surface area (Å²) < 4.78 is 9.11. The lowest BCUT2D eigenvalue weighted by atomic mass is 10.1. The van der Waals surface area contributed by atoms with Crippen molar-refractivity contribution in [3.63, 3.8) is 0 Å². The van der Waals surface area contributed by atoms with Gasteiger partial charge < -0.3 is 14.2 Å². The molecule has 1 amide bonds. The number of nitrogens with zero attached hydrogens (tertiary/aromatic N) is 4. The van der Waals surface area contributed by atoms with Crippen LogP contribution in [0.4, 0.5) is 5.69 Å². The predicted octanol–water partition coefficient (Wildman–Crippen LogP) is 3.52. The number of aromatic nitrogens is 3. The van der Waals surface area contributed by atoms with Crippen LogP contribution in [0.25, 0.3) is 16.9 Å². The number of carbonyl (C=O) groups is 1. The van der Waals surface area contributed by atoms with Crippen LogP contribution in [0, 0.1) is 0 Å². The first-order valence-electron chi connectivity index (χ1n) is 11.4. The maximum Gasteiger partial charge on any atom is 0.282 e. The smallest absolute Gasteiger partial charge is 0.282 e. The first kappa shape index (κ1) is 19.9. The van der Waals surface area contributed by atoms with E-state index in [1.165, 1.54) is 4.68 Å². The average Bonchev–Trinajstić information content (AvgIpc) is 3.59. The summed E-state index contributed by atoms with van der Waals surface area (Å²) in [4.78, 5) is 28.9. The van der Waals surface area contributed by atoms with E-state index in [1.807, 2.05) is 59.3 Å². The molecular formula is C26H24N4O3. The zero-order chi connectivity index (χ0) is 22.4. The van der Waals surface area contributed by atoms with Crippen molar-refractivity contribution in [2.45, 2.75) is 31.9 Å². The van der Waals surface area contributed by atoms with Crippen molar-refractivity contribution < 1.29 is 9.53 Å². The van der Waals surface area contributed by atoms with E-state index in [0.717, 1.165) is 37.1 Å². The lowest BCUT2D eigenvalue weighted by molar-refractivity contribution is 0.0955. The van der Waals surface area contributed by atoms with Crippen LogP contribution in [0.5, 0.6) is 0 Å². The van der Waals surface area contributed by atoms with E-state index in [4.69, 9.17) is 4.74 Å². The number of hydrogen-bond donors (Lipinski definition) is 0. The summed E-state index contributed by atoms with van der Waals surface area (Å²) in [5.41, 5.74) is 3.84. The van der Waals surface area contributed by atoms with Gasteiger partial charge in [-0.15, -0.1) is 0 Å². The van der Waals surface area contributed by atoms with Crippen LogP contribution in [0.1, 0.15) is 28.8 Å². The number of anilines is 1. The topological polar surface area (TPSA) is 69.4 Å². The van der Waals surface area contributed by atoms with Gasteiger partial charge in [0.1, 0.15) is 5.69 Å². The normalized spacial score (nSPS) is 17.6. The molecule has 1 saturated heterocycles. The molecule has 4 heterocycles. The highest BCUT2D eigenvalue weighted by Crippen LogP contribution is 2.31. The molecule has 166 valence electrons. The fraction of sp³-hybridized carbons (Fsp3) is 0.269. The van der Waals surface area contributed by atoms with Gasteiger partial charge in [0.05, 0.1) is 22.9 Å². The lowest BCUT2D eigenvalue weighted by Crippen LogP contribution is -2.30. The van der Waals surface area contributed by atoms with Crippen molar-refractivity contribution in [1.29, 1.82) is 0 Å². The van der Waals surface area contributed by atoms with Crippen LogP contribution in [-0.4, -0.2) is 39.5 Å². The molecule has 2 aromatic rings. The Bertz CT molecular complexity index is 1350. The van der Waals surface area contributed by atoms with Gasteiger partial charge >= 0.3 is 0 Å². The Morgan fingerprint density at radius 2 is 1.88 bits per heavy atom. The first-order chi connectivity index (χ1) is 16.2. The van der Waals surface area contributed by atoms with Gasteiger partial charge in [-0.3, -0.25) is 9.59 Å². The van der Waals surface area contributed by atoms with E-state index in [1.54, 1.807) is 11.1 Å². The molecule has 7 heteroatoms. The highest BCUT2D eigenvalue weighted by atomic mass is 16.5. The van der Waals surface area contributed by atoms with Crippen LogP contribution in [0.3, 0.4) is 0 Å². The van der Waals surface area contributed by atoms with Crippen molar-refractivity contribution in [3.05, 3.63) is 88.5 Å². The van der Waals surface area contributed by atoms with E-state index >= 15 is 0 Å². The second kappa shape index (κ2) is 8.01. The van der Waals surface area contributed by atoms with Crippen molar-refractivity contribution in [1.82, 2.24) is 14.3 Å². The second-order valence-corrected chi connectivity index (χ2v) is 8.65. The fourth-order valence-corrected chi connectivity index (χ4v) is 4.88. The van der Waals surface area contributed by atoms with Gasteiger partial charge in [0.25, 0.3) is 11.5 Å². The van der Waals surface area contributed by atoms with E-state index < -0.39 is 0 Å². The Balaban J connectivity index is 1.49. The summed E-state index contributed by atoms with van der Waals surface area (Å²) in [5, 5.41) is 4.62. The summed E-state index contributed by atoms with van der Waals surface area (Å²) in [6, 6.07) is 17.3. The Labute approximate surface area is 191 Å². The third-order valence-electron chi connectivity index (χ3n) is 6.52. The van der Waals surface area contributed by atoms with Crippen LogP contribution < -0.4 is 10.5 Å². The molecular weight excluding hydrogens is 416 g/mol. The Hall–Kier alpha value is -3.71. The number of para-hydroxylation sites is 2. The van der Waals surface area contributed by atoms with Gasteiger partial charge in [-0.2, -0.15) is 9.78 Å². The minimum atomic E-state index is -0.228. The quantitative estimate of drug-likeness (QED) is 0.487. The lowest BCUT2D eigenvalue weighted by Gasteiger charge is -2.20. The van der Waals surface area contributed by atoms with E-state index in [2.05, 4.69) is 11.2 Å². The number of pyridine rings is 1. The van der Waals surface area contributed by atoms with Gasteiger partial charge in [0, 0.05) is 37.8 Å². The molecule has 0 radical (unpaired) electrons. The molecule has 1 atom stereocenters.